The van der Waals surface area contributed by atoms with Crippen molar-refractivity contribution in [3.05, 3.63) is 54.1 Å². The summed E-state index contributed by atoms with van der Waals surface area (Å²) < 4.78 is 5.17. The lowest BCUT2D eigenvalue weighted by molar-refractivity contribution is -0.118. The molecule has 0 saturated heterocycles. The Bertz CT molecular complexity index is 764. The van der Waals surface area contributed by atoms with Gasteiger partial charge in [0, 0.05) is 18.3 Å². The first-order chi connectivity index (χ1) is 11.5. The van der Waals surface area contributed by atoms with Crippen LogP contribution in [0.1, 0.15) is 25.3 Å². The maximum absolute atomic E-state index is 12.8. The zero-order valence-electron chi connectivity index (χ0n) is 13.8. The van der Waals surface area contributed by atoms with E-state index in [4.69, 9.17) is 4.74 Å². The molecule has 0 heterocycles. The van der Waals surface area contributed by atoms with Crippen LogP contribution < -0.4 is 15.4 Å². The highest BCUT2D eigenvalue weighted by Gasteiger charge is 2.51. The lowest BCUT2D eigenvalue weighted by Gasteiger charge is -2.16. The van der Waals surface area contributed by atoms with Crippen molar-refractivity contribution in [3.63, 3.8) is 0 Å². The largest absolute Gasteiger partial charge is 0.497 e. The van der Waals surface area contributed by atoms with Crippen molar-refractivity contribution in [2.24, 2.45) is 0 Å². The van der Waals surface area contributed by atoms with Crippen LogP contribution in [-0.2, 0) is 15.0 Å². The van der Waals surface area contributed by atoms with Crippen LogP contribution in [0.25, 0.3) is 0 Å². The number of carbonyl (C=O) groups is 2. The van der Waals surface area contributed by atoms with Gasteiger partial charge < -0.3 is 15.4 Å². The summed E-state index contributed by atoms with van der Waals surface area (Å²) in [5, 5.41) is 5.68. The van der Waals surface area contributed by atoms with E-state index in [1.807, 2.05) is 30.3 Å². The smallest absolute Gasteiger partial charge is 0.235 e. The van der Waals surface area contributed by atoms with Gasteiger partial charge in [-0.25, -0.2) is 0 Å². The molecule has 0 bridgehead atoms. The lowest BCUT2D eigenvalue weighted by atomic mass is 9.94. The average molecular weight is 324 g/mol. The molecule has 5 heteroatoms. The van der Waals surface area contributed by atoms with E-state index >= 15 is 0 Å². The standard InChI is InChI=1S/C19H20N2O3/c1-13(22)20-15-4-3-5-16(12-15)21-18(23)19(10-11-19)14-6-8-17(24-2)9-7-14/h3-9,12H,10-11H2,1-2H3,(H,20,22)(H,21,23). The molecule has 0 unspecified atom stereocenters. The monoisotopic (exact) mass is 324 g/mol. The molecule has 1 saturated carbocycles. The van der Waals surface area contributed by atoms with Crippen LogP contribution in [-0.4, -0.2) is 18.9 Å². The minimum Gasteiger partial charge on any atom is -0.497 e. The minimum absolute atomic E-state index is 0.0207. The van der Waals surface area contributed by atoms with Gasteiger partial charge in [0.05, 0.1) is 12.5 Å². The van der Waals surface area contributed by atoms with Gasteiger partial charge >= 0.3 is 0 Å². The summed E-state index contributed by atoms with van der Waals surface area (Å²) in [4.78, 5) is 23.9. The number of ether oxygens (including phenoxy) is 1. The minimum atomic E-state index is -0.462. The lowest BCUT2D eigenvalue weighted by Crippen LogP contribution is -2.27. The summed E-state index contributed by atoms with van der Waals surface area (Å²) in [6.45, 7) is 1.45. The number of hydrogen-bond donors (Lipinski definition) is 2. The van der Waals surface area contributed by atoms with E-state index in [0.29, 0.717) is 11.4 Å². The number of rotatable bonds is 5. The molecule has 2 amide bonds. The van der Waals surface area contributed by atoms with E-state index in [2.05, 4.69) is 10.6 Å². The summed E-state index contributed by atoms with van der Waals surface area (Å²) in [6, 6.07) is 14.8. The predicted octanol–water partition coefficient (Wildman–Crippen LogP) is 3.32. The normalized spacial score (nSPS) is 14.6. The van der Waals surface area contributed by atoms with Gasteiger partial charge in [-0.3, -0.25) is 9.59 Å². The molecule has 0 aromatic heterocycles. The molecule has 1 fully saturated rings. The van der Waals surface area contributed by atoms with Crippen LogP contribution in [0, 0.1) is 0 Å². The summed E-state index contributed by atoms with van der Waals surface area (Å²) in [5.41, 5.74) is 1.87. The van der Waals surface area contributed by atoms with Crippen LogP contribution >= 0.6 is 0 Å². The van der Waals surface area contributed by atoms with Crippen molar-refractivity contribution in [2.75, 3.05) is 17.7 Å². The zero-order valence-corrected chi connectivity index (χ0v) is 13.8. The Morgan fingerprint density at radius 2 is 1.62 bits per heavy atom. The van der Waals surface area contributed by atoms with Crippen molar-refractivity contribution in [1.29, 1.82) is 0 Å². The first-order valence-electron chi connectivity index (χ1n) is 7.87. The average Bonchev–Trinajstić information content (AvgIpc) is 3.36. The molecule has 0 atom stereocenters. The molecule has 0 aliphatic heterocycles. The van der Waals surface area contributed by atoms with Gasteiger partial charge in [-0.15, -0.1) is 0 Å². The van der Waals surface area contributed by atoms with E-state index in [9.17, 15) is 9.59 Å². The fourth-order valence-corrected chi connectivity index (χ4v) is 2.81. The van der Waals surface area contributed by atoms with Gasteiger partial charge in [0.15, 0.2) is 0 Å². The molecule has 2 aromatic rings. The SMILES string of the molecule is COc1ccc(C2(C(=O)Nc3cccc(NC(C)=O)c3)CC2)cc1. The predicted molar refractivity (Wildman–Crippen MR) is 93.3 cm³/mol. The quantitative estimate of drug-likeness (QED) is 0.886. The summed E-state index contributed by atoms with van der Waals surface area (Å²) >= 11 is 0. The fraction of sp³-hybridized carbons (Fsp3) is 0.263. The van der Waals surface area contributed by atoms with Crippen LogP contribution in [0.2, 0.25) is 0 Å². The van der Waals surface area contributed by atoms with Crippen molar-refractivity contribution in [3.8, 4) is 5.75 Å². The Kier molecular flexibility index (Phi) is 4.25. The van der Waals surface area contributed by atoms with Crippen LogP contribution in [0.3, 0.4) is 0 Å². The highest BCUT2D eigenvalue weighted by Crippen LogP contribution is 2.49. The molecular weight excluding hydrogens is 304 g/mol. The number of nitrogens with one attached hydrogen (secondary N) is 2. The molecule has 124 valence electrons. The maximum atomic E-state index is 12.8. The Morgan fingerprint density at radius 3 is 2.17 bits per heavy atom. The Balaban J connectivity index is 1.75. The van der Waals surface area contributed by atoms with Gasteiger partial charge in [-0.05, 0) is 48.7 Å². The van der Waals surface area contributed by atoms with E-state index in [0.717, 1.165) is 24.2 Å². The van der Waals surface area contributed by atoms with E-state index < -0.39 is 5.41 Å². The number of benzene rings is 2. The van der Waals surface area contributed by atoms with Crippen molar-refractivity contribution in [1.82, 2.24) is 0 Å². The van der Waals surface area contributed by atoms with Crippen molar-refractivity contribution < 1.29 is 14.3 Å². The molecule has 5 nitrogen and oxygen atoms in total. The molecule has 1 aliphatic carbocycles. The second-order valence-electron chi connectivity index (χ2n) is 6.03. The van der Waals surface area contributed by atoms with E-state index in [1.165, 1.54) is 6.92 Å². The third-order valence-corrected chi connectivity index (χ3v) is 4.27. The van der Waals surface area contributed by atoms with Gasteiger partial charge in [-0.2, -0.15) is 0 Å². The topological polar surface area (TPSA) is 67.4 Å². The molecule has 3 rings (SSSR count). The molecule has 2 aromatic carbocycles. The molecule has 24 heavy (non-hydrogen) atoms. The van der Waals surface area contributed by atoms with Crippen molar-refractivity contribution >= 4 is 23.2 Å². The second-order valence-corrected chi connectivity index (χ2v) is 6.03. The Hall–Kier alpha value is -2.82. The highest BCUT2D eigenvalue weighted by molar-refractivity contribution is 6.02. The third kappa shape index (κ3) is 3.25. The van der Waals surface area contributed by atoms with Gasteiger partial charge in [0.25, 0.3) is 0 Å². The zero-order chi connectivity index (χ0) is 17.2. The number of hydrogen-bond acceptors (Lipinski definition) is 3. The second kappa shape index (κ2) is 6.35. The Morgan fingerprint density at radius 1 is 1.00 bits per heavy atom. The van der Waals surface area contributed by atoms with Crippen LogP contribution in [0.15, 0.2) is 48.5 Å². The number of anilines is 2. The Labute approximate surface area is 141 Å². The summed E-state index contributed by atoms with van der Waals surface area (Å²) in [7, 11) is 1.62. The maximum Gasteiger partial charge on any atom is 0.235 e. The molecule has 0 radical (unpaired) electrons. The fourth-order valence-electron chi connectivity index (χ4n) is 2.81. The van der Waals surface area contributed by atoms with E-state index in [1.54, 1.807) is 25.3 Å². The van der Waals surface area contributed by atoms with Gasteiger partial charge in [0.1, 0.15) is 5.75 Å². The summed E-state index contributed by atoms with van der Waals surface area (Å²) in [5.74, 6) is 0.612. The molecular formula is C19H20N2O3. The molecule has 1 aliphatic rings. The van der Waals surface area contributed by atoms with Crippen LogP contribution in [0.5, 0.6) is 5.75 Å². The van der Waals surface area contributed by atoms with Crippen LogP contribution in [0.4, 0.5) is 11.4 Å². The molecule has 0 spiro atoms. The first kappa shape index (κ1) is 16.1. The number of carbonyl (C=O) groups excluding carboxylic acids is 2. The van der Waals surface area contributed by atoms with E-state index in [-0.39, 0.29) is 11.8 Å². The van der Waals surface area contributed by atoms with Crippen molar-refractivity contribution in [2.45, 2.75) is 25.2 Å². The third-order valence-electron chi connectivity index (χ3n) is 4.27. The summed E-state index contributed by atoms with van der Waals surface area (Å²) in [6.07, 6.45) is 1.66. The number of methoxy groups -OCH3 is 1. The number of amides is 2. The highest BCUT2D eigenvalue weighted by atomic mass is 16.5. The first-order valence-corrected chi connectivity index (χ1v) is 7.87. The van der Waals surface area contributed by atoms with Gasteiger partial charge in [0.2, 0.25) is 11.8 Å². The molecule has 2 N–H and O–H groups in total. The van der Waals surface area contributed by atoms with Gasteiger partial charge in [-0.1, -0.05) is 18.2 Å².